The van der Waals surface area contributed by atoms with E-state index < -0.39 is 0 Å². The topological polar surface area (TPSA) is 88.4 Å². The van der Waals surface area contributed by atoms with Crippen LogP contribution in [0.25, 0.3) is 16.9 Å². The van der Waals surface area contributed by atoms with Gasteiger partial charge in [0.25, 0.3) is 0 Å². The molecule has 0 spiro atoms. The van der Waals surface area contributed by atoms with E-state index in [-0.39, 0.29) is 0 Å². The maximum Gasteiger partial charge on any atom is 0.191 e. The molecule has 5 rings (SSSR count). The van der Waals surface area contributed by atoms with Gasteiger partial charge in [-0.25, -0.2) is 19.9 Å². The lowest BCUT2D eigenvalue weighted by molar-refractivity contribution is 0.498. The number of aromatic nitrogens is 7. The van der Waals surface area contributed by atoms with Gasteiger partial charge in [0.15, 0.2) is 11.0 Å². The highest BCUT2D eigenvalue weighted by atomic mass is 32.2. The second kappa shape index (κ2) is 6.59. The molecule has 0 amide bonds. The van der Waals surface area contributed by atoms with Crippen molar-refractivity contribution >= 4 is 28.6 Å². The number of hydrogen-bond acceptors (Lipinski definition) is 7. The number of para-hydroxylation sites is 2. The standard InChI is InChI=1S/C19H20N8S/c1-11-20-12(2)27(25-11)17-8-16(23-19(24-17)28-3)26-9-13(10-26)18-21-14-6-4-5-7-15(14)22-18/h4-8,13H,9-10H2,1-3H3,(H,21,22). The van der Waals surface area contributed by atoms with Gasteiger partial charge in [-0.15, -0.1) is 5.10 Å². The first-order valence-corrected chi connectivity index (χ1v) is 10.4. The lowest BCUT2D eigenvalue weighted by Gasteiger charge is -2.39. The van der Waals surface area contributed by atoms with E-state index in [4.69, 9.17) is 9.97 Å². The molecule has 8 nitrogen and oxygen atoms in total. The zero-order valence-corrected chi connectivity index (χ0v) is 16.7. The second-order valence-electron chi connectivity index (χ2n) is 6.93. The van der Waals surface area contributed by atoms with Crippen LogP contribution in [0.3, 0.4) is 0 Å². The van der Waals surface area contributed by atoms with Crippen LogP contribution in [0.1, 0.15) is 23.4 Å². The molecular weight excluding hydrogens is 372 g/mol. The molecular formula is C19H20N8S. The first-order chi connectivity index (χ1) is 13.6. The van der Waals surface area contributed by atoms with Crippen LogP contribution in [-0.2, 0) is 0 Å². The van der Waals surface area contributed by atoms with E-state index in [2.05, 4.69) is 31.0 Å². The molecule has 1 aliphatic heterocycles. The Morgan fingerprint density at radius 1 is 1.04 bits per heavy atom. The van der Waals surface area contributed by atoms with Crippen LogP contribution in [0.2, 0.25) is 0 Å². The number of aryl methyl sites for hydroxylation is 2. The second-order valence-corrected chi connectivity index (χ2v) is 7.70. The third-order valence-corrected chi connectivity index (χ3v) is 5.50. The normalized spacial score (nSPS) is 14.6. The molecule has 0 atom stereocenters. The van der Waals surface area contributed by atoms with Crippen molar-refractivity contribution in [1.29, 1.82) is 0 Å². The Kier molecular flexibility index (Phi) is 4.04. The number of rotatable bonds is 4. The van der Waals surface area contributed by atoms with Crippen LogP contribution in [0, 0.1) is 13.8 Å². The molecule has 3 aromatic heterocycles. The van der Waals surface area contributed by atoms with Crippen molar-refractivity contribution in [3.63, 3.8) is 0 Å². The molecule has 1 saturated heterocycles. The summed E-state index contributed by atoms with van der Waals surface area (Å²) in [6.45, 7) is 5.56. The third-order valence-electron chi connectivity index (χ3n) is 4.95. The van der Waals surface area contributed by atoms with E-state index in [1.54, 1.807) is 4.68 Å². The minimum Gasteiger partial charge on any atom is -0.355 e. The number of aromatic amines is 1. The average molecular weight is 392 g/mol. The largest absolute Gasteiger partial charge is 0.355 e. The highest BCUT2D eigenvalue weighted by molar-refractivity contribution is 7.98. The molecule has 4 heterocycles. The van der Waals surface area contributed by atoms with Crippen molar-refractivity contribution in [2.24, 2.45) is 0 Å². The van der Waals surface area contributed by atoms with E-state index in [0.717, 1.165) is 58.4 Å². The summed E-state index contributed by atoms with van der Waals surface area (Å²) < 4.78 is 1.77. The maximum atomic E-state index is 4.73. The van der Waals surface area contributed by atoms with Gasteiger partial charge in [-0.05, 0) is 32.2 Å². The van der Waals surface area contributed by atoms with Crippen LogP contribution in [0.4, 0.5) is 5.82 Å². The molecule has 1 aliphatic rings. The van der Waals surface area contributed by atoms with E-state index >= 15 is 0 Å². The molecule has 4 aromatic rings. The Morgan fingerprint density at radius 2 is 1.82 bits per heavy atom. The first-order valence-electron chi connectivity index (χ1n) is 9.14. The summed E-state index contributed by atoms with van der Waals surface area (Å²) in [5.74, 6) is 4.63. The number of imidazole rings is 1. The minimum absolute atomic E-state index is 0.374. The number of nitrogens with one attached hydrogen (secondary N) is 1. The van der Waals surface area contributed by atoms with Crippen LogP contribution in [-0.4, -0.2) is 54.0 Å². The predicted molar refractivity (Wildman–Crippen MR) is 109 cm³/mol. The molecule has 0 unspecified atom stereocenters. The van der Waals surface area contributed by atoms with Crippen LogP contribution in [0.15, 0.2) is 35.5 Å². The van der Waals surface area contributed by atoms with Gasteiger partial charge < -0.3 is 9.88 Å². The highest BCUT2D eigenvalue weighted by Crippen LogP contribution is 2.31. The monoisotopic (exact) mass is 392 g/mol. The first kappa shape index (κ1) is 17.2. The van der Waals surface area contributed by atoms with Gasteiger partial charge in [0, 0.05) is 19.2 Å². The summed E-state index contributed by atoms with van der Waals surface area (Å²) in [5, 5.41) is 5.19. The zero-order chi connectivity index (χ0) is 19.3. The number of H-pyrrole nitrogens is 1. The summed E-state index contributed by atoms with van der Waals surface area (Å²) in [4.78, 5) is 24.1. The number of nitrogens with zero attached hydrogens (tertiary/aromatic N) is 7. The van der Waals surface area contributed by atoms with E-state index in [1.165, 1.54) is 11.8 Å². The Morgan fingerprint density at radius 3 is 2.54 bits per heavy atom. The SMILES string of the molecule is CSc1nc(N2CC(c3nc4ccccc4[nH]3)C2)cc(-n2nc(C)nc2C)n1. The Labute approximate surface area is 166 Å². The van der Waals surface area contributed by atoms with E-state index in [0.29, 0.717) is 5.92 Å². The van der Waals surface area contributed by atoms with Gasteiger partial charge in [0.2, 0.25) is 0 Å². The van der Waals surface area contributed by atoms with Gasteiger partial charge >= 0.3 is 0 Å². The Bertz CT molecular complexity index is 1120. The van der Waals surface area contributed by atoms with Crippen LogP contribution in [0.5, 0.6) is 0 Å². The Hall–Kier alpha value is -2.94. The summed E-state index contributed by atoms with van der Waals surface area (Å²) >= 11 is 1.53. The number of hydrogen-bond donors (Lipinski definition) is 1. The van der Waals surface area contributed by atoms with Crippen molar-refractivity contribution in [2.75, 3.05) is 24.2 Å². The number of fused-ring (bicyclic) bond motifs is 1. The number of benzene rings is 1. The molecule has 0 bridgehead atoms. The molecule has 0 radical (unpaired) electrons. The van der Waals surface area contributed by atoms with Gasteiger partial charge in [-0.2, -0.15) is 4.68 Å². The third kappa shape index (κ3) is 2.91. The van der Waals surface area contributed by atoms with E-state index in [1.807, 2.05) is 44.4 Å². The van der Waals surface area contributed by atoms with Crippen molar-refractivity contribution in [1.82, 2.24) is 34.7 Å². The summed E-state index contributed by atoms with van der Waals surface area (Å²) in [6.07, 6.45) is 1.98. The van der Waals surface area contributed by atoms with Gasteiger partial charge in [-0.3, -0.25) is 0 Å². The fourth-order valence-electron chi connectivity index (χ4n) is 3.51. The fraction of sp³-hybridized carbons (Fsp3) is 0.316. The van der Waals surface area contributed by atoms with Gasteiger partial charge in [0.1, 0.15) is 23.3 Å². The summed E-state index contributed by atoms with van der Waals surface area (Å²) in [5.41, 5.74) is 2.10. The van der Waals surface area contributed by atoms with Gasteiger partial charge in [0.05, 0.1) is 17.0 Å². The number of thioether (sulfide) groups is 1. The summed E-state index contributed by atoms with van der Waals surface area (Å²) in [7, 11) is 0. The lowest BCUT2D eigenvalue weighted by atomic mass is 9.99. The summed E-state index contributed by atoms with van der Waals surface area (Å²) in [6, 6.07) is 10.1. The quantitative estimate of drug-likeness (QED) is 0.422. The molecule has 0 saturated carbocycles. The maximum absolute atomic E-state index is 4.73. The molecule has 0 aliphatic carbocycles. The zero-order valence-electron chi connectivity index (χ0n) is 15.9. The molecule has 1 N–H and O–H groups in total. The van der Waals surface area contributed by atoms with Crippen molar-refractivity contribution < 1.29 is 0 Å². The molecule has 28 heavy (non-hydrogen) atoms. The van der Waals surface area contributed by atoms with Crippen LogP contribution >= 0.6 is 11.8 Å². The number of anilines is 1. The average Bonchev–Trinajstić information content (AvgIpc) is 3.22. The van der Waals surface area contributed by atoms with Gasteiger partial charge in [-0.1, -0.05) is 23.9 Å². The van der Waals surface area contributed by atoms with Crippen molar-refractivity contribution in [3.8, 4) is 5.82 Å². The molecule has 1 fully saturated rings. The minimum atomic E-state index is 0.374. The van der Waals surface area contributed by atoms with Crippen molar-refractivity contribution in [2.45, 2.75) is 24.9 Å². The smallest absolute Gasteiger partial charge is 0.191 e. The van der Waals surface area contributed by atoms with E-state index in [9.17, 15) is 0 Å². The molecule has 142 valence electrons. The lowest BCUT2D eigenvalue weighted by Crippen LogP contribution is -2.46. The highest BCUT2D eigenvalue weighted by Gasteiger charge is 2.32. The molecule has 1 aromatic carbocycles. The molecule has 9 heteroatoms. The van der Waals surface area contributed by atoms with Crippen LogP contribution < -0.4 is 4.90 Å². The van der Waals surface area contributed by atoms with Crippen molar-refractivity contribution in [3.05, 3.63) is 47.8 Å². The predicted octanol–water partition coefficient (Wildman–Crippen LogP) is 2.88. The fourth-order valence-corrected chi connectivity index (χ4v) is 3.87. The Balaban J connectivity index is 1.41.